The van der Waals surface area contributed by atoms with Crippen molar-refractivity contribution in [3.8, 4) is 11.3 Å². The van der Waals surface area contributed by atoms with Gasteiger partial charge in [0.1, 0.15) is 0 Å². The molecule has 0 aliphatic heterocycles. The number of benzene rings is 1. The summed E-state index contributed by atoms with van der Waals surface area (Å²) in [5, 5.41) is 15.7. The van der Waals surface area contributed by atoms with Gasteiger partial charge in [0.2, 0.25) is 0 Å². The van der Waals surface area contributed by atoms with E-state index in [0.717, 1.165) is 5.56 Å². The molecule has 0 saturated carbocycles. The quantitative estimate of drug-likeness (QED) is 0.793. The molecule has 0 spiro atoms. The Morgan fingerprint density at radius 1 is 1.31 bits per heavy atom. The van der Waals surface area contributed by atoms with Gasteiger partial charge in [-0.05, 0) is 6.92 Å². The van der Waals surface area contributed by atoms with E-state index in [1.807, 2.05) is 30.3 Å². The third-order valence-corrected chi connectivity index (χ3v) is 2.55. The van der Waals surface area contributed by atoms with Crippen molar-refractivity contribution in [1.82, 2.24) is 10.2 Å². The number of aromatic nitrogens is 2. The summed E-state index contributed by atoms with van der Waals surface area (Å²) < 4.78 is 0. The molecule has 0 atom stereocenters. The fourth-order valence-electron chi connectivity index (χ4n) is 1.60. The Labute approximate surface area is 92.6 Å². The molecule has 2 aromatic rings. The highest BCUT2D eigenvalue weighted by Gasteiger charge is 2.11. The van der Waals surface area contributed by atoms with E-state index in [0.29, 0.717) is 16.8 Å². The molecule has 4 nitrogen and oxygen atoms in total. The lowest BCUT2D eigenvalue weighted by atomic mass is 10.0. The number of H-pyrrole nitrogens is 1. The van der Waals surface area contributed by atoms with Crippen LogP contribution in [0, 0.1) is 6.92 Å². The summed E-state index contributed by atoms with van der Waals surface area (Å²) in [4.78, 5) is 11.4. The summed E-state index contributed by atoms with van der Waals surface area (Å²) in [7, 11) is 0. The fourth-order valence-corrected chi connectivity index (χ4v) is 1.60. The van der Waals surface area contributed by atoms with Crippen molar-refractivity contribution in [2.24, 2.45) is 0 Å². The van der Waals surface area contributed by atoms with E-state index in [2.05, 4.69) is 10.2 Å². The second-order valence-electron chi connectivity index (χ2n) is 3.53. The number of nitrogens with one attached hydrogen (secondary N) is 1. The molecule has 0 unspecified atom stereocenters. The standard InChI is InChI=1S/C12H12N2O2/c1-8-10(7-15)11(13-14-12(8)16)9-5-3-2-4-6-9/h2-6,15H,7H2,1H3,(H,14,16). The summed E-state index contributed by atoms with van der Waals surface area (Å²) in [6.45, 7) is 1.49. The Morgan fingerprint density at radius 3 is 2.62 bits per heavy atom. The van der Waals surface area contributed by atoms with Gasteiger partial charge in [-0.15, -0.1) is 0 Å². The second kappa shape index (κ2) is 4.28. The third kappa shape index (κ3) is 1.75. The number of hydrogen-bond acceptors (Lipinski definition) is 3. The van der Waals surface area contributed by atoms with Crippen molar-refractivity contribution >= 4 is 0 Å². The van der Waals surface area contributed by atoms with Crippen molar-refractivity contribution in [3.63, 3.8) is 0 Å². The van der Waals surface area contributed by atoms with Crippen LogP contribution in [0.15, 0.2) is 35.1 Å². The van der Waals surface area contributed by atoms with E-state index in [1.54, 1.807) is 6.92 Å². The van der Waals surface area contributed by atoms with E-state index in [4.69, 9.17) is 0 Å². The van der Waals surface area contributed by atoms with Crippen molar-refractivity contribution in [1.29, 1.82) is 0 Å². The fraction of sp³-hybridized carbons (Fsp3) is 0.167. The van der Waals surface area contributed by atoms with Gasteiger partial charge in [0, 0.05) is 16.7 Å². The molecule has 0 fully saturated rings. The van der Waals surface area contributed by atoms with Gasteiger partial charge in [-0.25, -0.2) is 5.10 Å². The normalized spacial score (nSPS) is 10.4. The molecular weight excluding hydrogens is 204 g/mol. The zero-order chi connectivity index (χ0) is 11.5. The first-order valence-corrected chi connectivity index (χ1v) is 4.98. The smallest absolute Gasteiger partial charge is 0.267 e. The molecular formula is C12H12N2O2. The van der Waals surface area contributed by atoms with Crippen LogP contribution in [0.5, 0.6) is 0 Å². The van der Waals surface area contributed by atoms with Gasteiger partial charge in [0.05, 0.1) is 12.3 Å². The van der Waals surface area contributed by atoms with Crippen LogP contribution >= 0.6 is 0 Å². The predicted octanol–water partition coefficient (Wildman–Crippen LogP) is 1.24. The van der Waals surface area contributed by atoms with Gasteiger partial charge in [-0.3, -0.25) is 4.79 Å². The summed E-state index contributed by atoms with van der Waals surface area (Å²) in [6.07, 6.45) is 0. The molecule has 0 saturated heterocycles. The topological polar surface area (TPSA) is 66.0 Å². The Balaban J connectivity index is 2.67. The largest absolute Gasteiger partial charge is 0.392 e. The lowest BCUT2D eigenvalue weighted by molar-refractivity contribution is 0.280. The average molecular weight is 216 g/mol. The summed E-state index contributed by atoms with van der Waals surface area (Å²) in [6, 6.07) is 9.45. The zero-order valence-corrected chi connectivity index (χ0v) is 8.90. The SMILES string of the molecule is Cc1c(CO)c(-c2ccccc2)n[nH]c1=O. The number of nitrogens with zero attached hydrogens (tertiary/aromatic N) is 1. The lowest BCUT2D eigenvalue weighted by Gasteiger charge is -2.07. The van der Waals surface area contributed by atoms with Crippen LogP contribution in [-0.2, 0) is 6.61 Å². The highest BCUT2D eigenvalue weighted by Crippen LogP contribution is 2.20. The van der Waals surface area contributed by atoms with Crippen LogP contribution in [0.1, 0.15) is 11.1 Å². The van der Waals surface area contributed by atoms with E-state index < -0.39 is 0 Å². The van der Waals surface area contributed by atoms with Crippen LogP contribution in [0.25, 0.3) is 11.3 Å². The van der Waals surface area contributed by atoms with Gasteiger partial charge in [0.25, 0.3) is 5.56 Å². The number of aliphatic hydroxyl groups excluding tert-OH is 1. The first-order valence-electron chi connectivity index (χ1n) is 4.98. The molecule has 2 N–H and O–H groups in total. The zero-order valence-electron chi connectivity index (χ0n) is 8.90. The molecule has 16 heavy (non-hydrogen) atoms. The monoisotopic (exact) mass is 216 g/mol. The highest BCUT2D eigenvalue weighted by atomic mass is 16.3. The Kier molecular flexibility index (Phi) is 2.83. The molecule has 1 heterocycles. The van der Waals surface area contributed by atoms with Crippen LogP contribution < -0.4 is 5.56 Å². The van der Waals surface area contributed by atoms with Gasteiger partial charge in [-0.1, -0.05) is 30.3 Å². The predicted molar refractivity (Wildman–Crippen MR) is 61.0 cm³/mol. The minimum atomic E-state index is -0.260. The first-order chi connectivity index (χ1) is 7.74. The number of hydrogen-bond donors (Lipinski definition) is 2. The second-order valence-corrected chi connectivity index (χ2v) is 3.53. The third-order valence-electron chi connectivity index (χ3n) is 2.55. The van der Waals surface area contributed by atoms with Crippen LogP contribution in [-0.4, -0.2) is 15.3 Å². The first kappa shape index (κ1) is 10.6. The Bertz CT molecular complexity index is 547. The van der Waals surface area contributed by atoms with E-state index in [9.17, 15) is 9.90 Å². The maximum absolute atomic E-state index is 11.4. The summed E-state index contributed by atoms with van der Waals surface area (Å²) >= 11 is 0. The molecule has 0 radical (unpaired) electrons. The molecule has 0 bridgehead atoms. The van der Waals surface area contributed by atoms with Crippen molar-refractivity contribution in [3.05, 3.63) is 51.8 Å². The van der Waals surface area contributed by atoms with Crippen molar-refractivity contribution in [2.75, 3.05) is 0 Å². The van der Waals surface area contributed by atoms with Crippen LogP contribution in [0.3, 0.4) is 0 Å². The Morgan fingerprint density at radius 2 is 2.00 bits per heavy atom. The van der Waals surface area contributed by atoms with Crippen molar-refractivity contribution in [2.45, 2.75) is 13.5 Å². The summed E-state index contributed by atoms with van der Waals surface area (Å²) in [5.41, 5.74) is 2.33. The minimum Gasteiger partial charge on any atom is -0.392 e. The molecule has 0 aliphatic rings. The molecule has 4 heteroatoms. The van der Waals surface area contributed by atoms with E-state index >= 15 is 0 Å². The van der Waals surface area contributed by atoms with E-state index in [-0.39, 0.29) is 12.2 Å². The van der Waals surface area contributed by atoms with Gasteiger partial charge < -0.3 is 5.11 Å². The molecule has 0 amide bonds. The molecule has 1 aromatic carbocycles. The molecule has 1 aromatic heterocycles. The number of aliphatic hydroxyl groups is 1. The number of aromatic amines is 1. The van der Waals surface area contributed by atoms with Crippen LogP contribution in [0.2, 0.25) is 0 Å². The maximum Gasteiger partial charge on any atom is 0.267 e. The van der Waals surface area contributed by atoms with Crippen LogP contribution in [0.4, 0.5) is 0 Å². The van der Waals surface area contributed by atoms with E-state index in [1.165, 1.54) is 0 Å². The van der Waals surface area contributed by atoms with Gasteiger partial charge >= 0.3 is 0 Å². The molecule has 0 aliphatic carbocycles. The highest BCUT2D eigenvalue weighted by molar-refractivity contribution is 5.63. The van der Waals surface area contributed by atoms with Crippen molar-refractivity contribution < 1.29 is 5.11 Å². The lowest BCUT2D eigenvalue weighted by Crippen LogP contribution is -2.16. The average Bonchev–Trinajstić information content (AvgIpc) is 2.33. The Hall–Kier alpha value is -1.94. The van der Waals surface area contributed by atoms with Gasteiger partial charge in [0.15, 0.2) is 0 Å². The van der Waals surface area contributed by atoms with Gasteiger partial charge in [-0.2, -0.15) is 5.10 Å². The molecule has 82 valence electrons. The summed E-state index contributed by atoms with van der Waals surface area (Å²) in [5.74, 6) is 0. The minimum absolute atomic E-state index is 0.188. The molecule has 2 rings (SSSR count). The maximum atomic E-state index is 11.4. The number of rotatable bonds is 2.